The molecule has 0 aliphatic carbocycles. The Morgan fingerprint density at radius 2 is 1.77 bits per heavy atom. The van der Waals surface area contributed by atoms with Crippen LogP contribution in [0.2, 0.25) is 0 Å². The number of alkyl halides is 6. The maximum Gasteiger partial charge on any atom is 0.421 e. The van der Waals surface area contributed by atoms with Crippen molar-refractivity contribution in [3.05, 3.63) is 47.0 Å². The van der Waals surface area contributed by atoms with Gasteiger partial charge < -0.3 is 29.7 Å². The van der Waals surface area contributed by atoms with Gasteiger partial charge in [-0.3, -0.25) is 0 Å². The molecule has 0 radical (unpaired) electrons. The number of rotatable bonds is 6. The Balaban J connectivity index is 1.58. The van der Waals surface area contributed by atoms with Crippen LogP contribution in [-0.2, 0) is 4.74 Å². The first-order valence-corrected chi connectivity index (χ1v) is 12.5. The number of benzene rings is 1. The van der Waals surface area contributed by atoms with Crippen molar-refractivity contribution in [1.82, 2.24) is 9.88 Å². The van der Waals surface area contributed by atoms with Gasteiger partial charge in [0.15, 0.2) is 0 Å². The molecule has 0 saturated carbocycles. The molecule has 0 atom stereocenters. The minimum atomic E-state index is -5.57. The Hall–Kier alpha value is -3.52. The summed E-state index contributed by atoms with van der Waals surface area (Å²) in [4.78, 5) is 20.3. The van der Waals surface area contributed by atoms with Gasteiger partial charge in [0.05, 0.1) is 19.8 Å². The zero-order valence-corrected chi connectivity index (χ0v) is 21.5. The zero-order valence-electron chi connectivity index (χ0n) is 21.5. The van der Waals surface area contributed by atoms with E-state index in [-0.39, 0.29) is 25.6 Å². The molecule has 2 aromatic rings. The summed E-state index contributed by atoms with van der Waals surface area (Å²) in [5.74, 6) is 0.910. The number of urea groups is 1. The van der Waals surface area contributed by atoms with Crippen LogP contribution in [0.4, 0.5) is 42.6 Å². The van der Waals surface area contributed by atoms with Crippen LogP contribution in [0.3, 0.4) is 0 Å². The number of hydrogen-bond donors (Lipinski definition) is 2. The molecule has 2 fully saturated rings. The Bertz CT molecular complexity index is 1240. The van der Waals surface area contributed by atoms with Crippen LogP contribution in [-0.4, -0.2) is 86.0 Å². The summed E-state index contributed by atoms with van der Waals surface area (Å²) in [6.45, 7) is 2.89. The third-order valence-corrected chi connectivity index (χ3v) is 6.54. The fraction of sp³-hybridized carbons (Fsp3) is 0.462. The molecule has 8 nitrogen and oxygen atoms in total. The third-order valence-electron chi connectivity index (χ3n) is 6.54. The van der Waals surface area contributed by atoms with Crippen molar-refractivity contribution in [1.29, 1.82) is 0 Å². The van der Waals surface area contributed by atoms with Gasteiger partial charge in [-0.2, -0.15) is 31.3 Å². The van der Waals surface area contributed by atoms with Gasteiger partial charge in [-0.05, 0) is 53.8 Å². The molecule has 40 heavy (non-hydrogen) atoms. The molecule has 1 aromatic heterocycles. The molecule has 2 amide bonds. The summed E-state index contributed by atoms with van der Waals surface area (Å²) >= 11 is 0. The maximum absolute atomic E-state index is 13.1. The second-order valence-corrected chi connectivity index (χ2v) is 9.33. The summed E-state index contributed by atoms with van der Waals surface area (Å²) in [5.41, 5.74) is -0.899. The highest BCUT2D eigenvalue weighted by Crippen LogP contribution is 2.42. The lowest BCUT2D eigenvalue weighted by Crippen LogP contribution is -2.36. The number of aryl methyl sites for hydroxylation is 1. The fourth-order valence-electron chi connectivity index (χ4n) is 4.64. The van der Waals surface area contributed by atoms with Crippen molar-refractivity contribution in [2.75, 3.05) is 62.8 Å². The number of likely N-dealkylation sites (tertiary alicyclic amines) is 1. The topological polar surface area (TPSA) is 87.2 Å². The predicted octanol–water partition coefficient (Wildman–Crippen LogP) is 4.92. The first kappa shape index (κ1) is 29.5. The van der Waals surface area contributed by atoms with Gasteiger partial charge in [-0.25, -0.2) is 4.79 Å². The maximum atomic E-state index is 13.1. The van der Waals surface area contributed by atoms with Crippen LogP contribution < -0.4 is 15.0 Å². The molecule has 0 unspecified atom stereocenters. The summed E-state index contributed by atoms with van der Waals surface area (Å²) in [7, 11) is 0. The van der Waals surface area contributed by atoms with Gasteiger partial charge in [0, 0.05) is 37.9 Å². The number of aromatic nitrogens is 1. The molecule has 4 rings (SSSR count). The van der Waals surface area contributed by atoms with E-state index in [4.69, 9.17) is 9.47 Å². The van der Waals surface area contributed by atoms with Crippen molar-refractivity contribution in [2.24, 2.45) is 0 Å². The summed E-state index contributed by atoms with van der Waals surface area (Å²) in [6.07, 6.45) is -11.7. The van der Waals surface area contributed by atoms with E-state index in [0.29, 0.717) is 48.9 Å². The molecule has 2 N–H and O–H groups in total. The molecule has 1 aromatic carbocycles. The number of carbonyl (C=O) groups excluding carboxylic acids is 1. The molecule has 218 valence electrons. The van der Waals surface area contributed by atoms with E-state index >= 15 is 0 Å². The average Bonchev–Trinajstić information content (AvgIpc) is 3.36. The molecule has 3 heterocycles. The van der Waals surface area contributed by atoms with Gasteiger partial charge in [0.1, 0.15) is 18.0 Å². The highest BCUT2D eigenvalue weighted by Gasteiger charge is 2.53. The lowest BCUT2D eigenvalue weighted by atomic mass is 10.0. The van der Waals surface area contributed by atoms with E-state index in [1.54, 1.807) is 24.3 Å². The number of aliphatic hydroxyl groups is 1. The summed E-state index contributed by atoms with van der Waals surface area (Å²) in [5, 5.41) is 11.8. The predicted molar refractivity (Wildman–Crippen MR) is 134 cm³/mol. The Kier molecular flexibility index (Phi) is 8.78. The summed E-state index contributed by atoms with van der Waals surface area (Å²) in [6, 6.07) is 7.69. The Morgan fingerprint density at radius 1 is 1.07 bits per heavy atom. The van der Waals surface area contributed by atoms with Crippen LogP contribution in [0.5, 0.6) is 5.88 Å². The monoisotopic (exact) mass is 574 g/mol. The molecular weight excluding hydrogens is 546 g/mol. The van der Waals surface area contributed by atoms with Crippen LogP contribution >= 0.6 is 0 Å². The lowest BCUT2D eigenvalue weighted by molar-refractivity contribution is -0.173. The number of allylic oxidation sites excluding steroid dienone is 1. The largest absolute Gasteiger partial charge is 0.475 e. The van der Waals surface area contributed by atoms with Crippen LogP contribution in [0.1, 0.15) is 12.0 Å². The van der Waals surface area contributed by atoms with Crippen LogP contribution in [0.25, 0.3) is 11.1 Å². The van der Waals surface area contributed by atoms with Gasteiger partial charge in [-0.1, -0.05) is 6.07 Å². The number of hydrogen-bond acceptors (Lipinski definition) is 6. The van der Waals surface area contributed by atoms with Gasteiger partial charge in [0.2, 0.25) is 5.88 Å². The number of ether oxygens (including phenoxy) is 2. The smallest absolute Gasteiger partial charge is 0.421 e. The van der Waals surface area contributed by atoms with Crippen molar-refractivity contribution in [3.8, 4) is 17.0 Å². The molecule has 2 aliphatic rings. The number of carbonyl (C=O) groups is 1. The number of halogens is 6. The average molecular weight is 575 g/mol. The number of nitrogens with zero attached hydrogens (tertiary/aromatic N) is 3. The molecule has 0 spiro atoms. The number of anilines is 2. The normalized spacial score (nSPS) is 16.4. The number of morpholine rings is 1. The summed E-state index contributed by atoms with van der Waals surface area (Å²) < 4.78 is 89.6. The quantitative estimate of drug-likeness (QED) is 0.376. The lowest BCUT2D eigenvalue weighted by Gasteiger charge is -2.28. The first-order chi connectivity index (χ1) is 18.9. The Labute approximate surface area is 226 Å². The molecule has 14 heteroatoms. The molecular formula is C26H28F6N4O4. The number of pyridine rings is 1. The van der Waals surface area contributed by atoms with Gasteiger partial charge in [0.25, 0.3) is 0 Å². The third kappa shape index (κ3) is 6.97. The highest BCUT2D eigenvalue weighted by atomic mass is 19.4. The van der Waals surface area contributed by atoms with Crippen molar-refractivity contribution >= 4 is 17.5 Å². The number of nitrogens with one attached hydrogen (secondary N) is 1. The molecule has 2 aliphatic heterocycles. The zero-order chi connectivity index (χ0) is 29.1. The standard InChI is InChI=1S/C26H28F6N4O4/c1-16-2-3-19(33-24(38)36-5-4-17(15-36)23(25(27,28)29)26(30,31)32)14-20(16)18-12-21(35-6-9-39-10-7-35)34-22(13-18)40-11-8-37/h2-3,12-14,37H,4-11,15H2,1H3,(H,33,38). The first-order valence-electron chi connectivity index (χ1n) is 12.5. The Morgan fingerprint density at radius 3 is 2.42 bits per heavy atom. The molecule has 2 saturated heterocycles. The van der Waals surface area contributed by atoms with Gasteiger partial charge in [-0.15, -0.1) is 0 Å². The SMILES string of the molecule is Cc1ccc(NC(=O)N2CCC(=C(C(F)(F)F)C(F)(F)F)C2)cc1-c1cc(OCCO)nc(N2CCOCC2)c1. The second-order valence-electron chi connectivity index (χ2n) is 9.33. The number of amides is 2. The second kappa shape index (κ2) is 11.9. The van der Waals surface area contributed by atoms with E-state index in [1.165, 1.54) is 0 Å². The minimum Gasteiger partial charge on any atom is -0.475 e. The van der Waals surface area contributed by atoms with Crippen LogP contribution in [0.15, 0.2) is 41.5 Å². The van der Waals surface area contributed by atoms with Crippen molar-refractivity contribution in [2.45, 2.75) is 25.7 Å². The van der Waals surface area contributed by atoms with Crippen molar-refractivity contribution < 1.29 is 45.7 Å². The number of aliphatic hydroxyl groups excluding tert-OH is 1. The van der Waals surface area contributed by atoms with E-state index in [1.807, 2.05) is 17.9 Å². The highest BCUT2D eigenvalue weighted by molar-refractivity contribution is 5.91. The van der Waals surface area contributed by atoms with E-state index < -0.39 is 42.5 Å². The van der Waals surface area contributed by atoms with E-state index in [9.17, 15) is 36.2 Å². The fourth-order valence-corrected chi connectivity index (χ4v) is 4.64. The minimum absolute atomic E-state index is 0.0325. The van der Waals surface area contributed by atoms with E-state index in [2.05, 4.69) is 10.3 Å². The van der Waals surface area contributed by atoms with Crippen LogP contribution in [0, 0.1) is 6.92 Å². The van der Waals surface area contributed by atoms with Gasteiger partial charge >= 0.3 is 18.4 Å². The van der Waals surface area contributed by atoms with E-state index in [0.717, 1.165) is 10.5 Å². The molecule has 0 bridgehead atoms. The van der Waals surface area contributed by atoms with Crippen molar-refractivity contribution in [3.63, 3.8) is 0 Å².